The number of aryl methyl sites for hydroxylation is 2. The van der Waals surface area contributed by atoms with Gasteiger partial charge in [0.1, 0.15) is 5.78 Å². The van der Waals surface area contributed by atoms with Gasteiger partial charge in [0.25, 0.3) is 0 Å². The molecule has 0 heterocycles. The van der Waals surface area contributed by atoms with Crippen LogP contribution >= 0.6 is 0 Å². The van der Waals surface area contributed by atoms with E-state index >= 15 is 0 Å². The van der Waals surface area contributed by atoms with Crippen molar-refractivity contribution in [2.75, 3.05) is 14.2 Å². The van der Waals surface area contributed by atoms with Crippen LogP contribution in [0.1, 0.15) is 30.4 Å². The van der Waals surface area contributed by atoms with E-state index in [1.165, 1.54) is 26.4 Å². The molecule has 7 nitrogen and oxygen atoms in total. The molecule has 1 atom stereocenters. The Kier molecular flexibility index (Phi) is 7.52. The Bertz CT molecular complexity index is 817. The number of benzene rings is 2. The zero-order valence-electron chi connectivity index (χ0n) is 16.0. The van der Waals surface area contributed by atoms with E-state index in [9.17, 15) is 25.2 Å². The molecule has 0 aliphatic heterocycles. The van der Waals surface area contributed by atoms with Gasteiger partial charge in [-0.3, -0.25) is 4.79 Å². The van der Waals surface area contributed by atoms with E-state index in [1.54, 1.807) is 18.2 Å². The second-order valence-electron chi connectivity index (χ2n) is 6.61. The molecule has 152 valence electrons. The first-order chi connectivity index (χ1) is 13.3. The molecule has 0 aliphatic carbocycles. The summed E-state index contributed by atoms with van der Waals surface area (Å²) >= 11 is 0. The molecule has 28 heavy (non-hydrogen) atoms. The van der Waals surface area contributed by atoms with Crippen molar-refractivity contribution in [2.45, 2.75) is 38.2 Å². The number of hydrogen-bond donors (Lipinski definition) is 4. The Morgan fingerprint density at radius 1 is 0.929 bits per heavy atom. The Morgan fingerprint density at radius 3 is 2.29 bits per heavy atom. The van der Waals surface area contributed by atoms with E-state index in [2.05, 4.69) is 0 Å². The van der Waals surface area contributed by atoms with Crippen molar-refractivity contribution in [3.05, 3.63) is 41.5 Å². The number of aromatic hydroxyl groups is 3. The standard InChI is InChI=1S/C21H26O7/c1-27-19-10-13(5-8-17(19)24)3-6-15(22)12-16(23)7-4-14-9-18(25)21(26)20(11-14)28-2/h5,8-11,16,23-26H,3-4,6-7,12H2,1-2H3/t16-/m1/s1. The third-order valence-corrected chi connectivity index (χ3v) is 4.50. The van der Waals surface area contributed by atoms with Gasteiger partial charge >= 0.3 is 0 Å². The molecular formula is C21H26O7. The Labute approximate surface area is 163 Å². The van der Waals surface area contributed by atoms with Crippen LogP contribution in [0.2, 0.25) is 0 Å². The van der Waals surface area contributed by atoms with Crippen molar-refractivity contribution in [1.29, 1.82) is 0 Å². The molecule has 0 fully saturated rings. The highest BCUT2D eigenvalue weighted by atomic mass is 16.5. The lowest BCUT2D eigenvalue weighted by molar-refractivity contribution is -0.121. The van der Waals surface area contributed by atoms with Crippen LogP contribution in [0.25, 0.3) is 0 Å². The lowest BCUT2D eigenvalue weighted by Gasteiger charge is -2.12. The number of hydrogen-bond acceptors (Lipinski definition) is 7. The summed E-state index contributed by atoms with van der Waals surface area (Å²) in [5.41, 5.74) is 1.55. The number of carbonyl (C=O) groups excluding carboxylic acids is 1. The van der Waals surface area contributed by atoms with Crippen molar-refractivity contribution in [2.24, 2.45) is 0 Å². The smallest absolute Gasteiger partial charge is 0.200 e. The summed E-state index contributed by atoms with van der Waals surface area (Å²) in [7, 11) is 2.85. The van der Waals surface area contributed by atoms with Gasteiger partial charge in [0.05, 0.1) is 20.3 Å². The monoisotopic (exact) mass is 390 g/mol. The maximum Gasteiger partial charge on any atom is 0.200 e. The van der Waals surface area contributed by atoms with E-state index in [0.29, 0.717) is 30.6 Å². The van der Waals surface area contributed by atoms with Gasteiger partial charge in [0.15, 0.2) is 23.0 Å². The van der Waals surface area contributed by atoms with Gasteiger partial charge in [-0.15, -0.1) is 0 Å². The molecule has 4 N–H and O–H groups in total. The Hall–Kier alpha value is -2.93. The number of ether oxygens (including phenoxy) is 2. The second kappa shape index (κ2) is 9.85. The summed E-state index contributed by atoms with van der Waals surface area (Å²) < 4.78 is 10.0. The number of carbonyl (C=O) groups is 1. The maximum absolute atomic E-state index is 12.1. The number of aliphatic hydroxyl groups is 1. The normalized spacial score (nSPS) is 11.8. The summed E-state index contributed by atoms with van der Waals surface area (Å²) in [6, 6.07) is 7.93. The van der Waals surface area contributed by atoms with Crippen molar-refractivity contribution in [3.63, 3.8) is 0 Å². The highest BCUT2D eigenvalue weighted by Gasteiger charge is 2.14. The average Bonchev–Trinajstić information content (AvgIpc) is 2.68. The zero-order chi connectivity index (χ0) is 20.7. The van der Waals surface area contributed by atoms with Gasteiger partial charge in [0.2, 0.25) is 5.75 Å². The third kappa shape index (κ3) is 5.79. The van der Waals surface area contributed by atoms with E-state index in [4.69, 9.17) is 9.47 Å². The average molecular weight is 390 g/mol. The summed E-state index contributed by atoms with van der Waals surface area (Å²) in [6.07, 6.45) is 0.768. The highest BCUT2D eigenvalue weighted by molar-refractivity contribution is 5.79. The van der Waals surface area contributed by atoms with Crippen molar-refractivity contribution in [1.82, 2.24) is 0 Å². The number of rotatable bonds is 10. The van der Waals surface area contributed by atoms with E-state index in [1.807, 2.05) is 0 Å². The molecule has 2 aromatic rings. The van der Waals surface area contributed by atoms with Crippen LogP contribution in [-0.4, -0.2) is 46.5 Å². The minimum Gasteiger partial charge on any atom is -0.504 e. The molecule has 0 radical (unpaired) electrons. The molecule has 0 saturated heterocycles. The van der Waals surface area contributed by atoms with Gasteiger partial charge in [-0.05, 0) is 54.7 Å². The van der Waals surface area contributed by atoms with E-state index in [0.717, 1.165) is 5.56 Å². The minimum atomic E-state index is -0.802. The van der Waals surface area contributed by atoms with Crippen LogP contribution in [-0.2, 0) is 17.6 Å². The first kappa shape index (κ1) is 21.4. The van der Waals surface area contributed by atoms with Gasteiger partial charge in [-0.2, -0.15) is 0 Å². The molecule has 2 aromatic carbocycles. The first-order valence-electron chi connectivity index (χ1n) is 8.98. The predicted molar refractivity (Wildman–Crippen MR) is 103 cm³/mol. The van der Waals surface area contributed by atoms with Gasteiger partial charge < -0.3 is 29.9 Å². The van der Waals surface area contributed by atoms with Crippen LogP contribution in [0.3, 0.4) is 0 Å². The molecule has 0 aromatic heterocycles. The lowest BCUT2D eigenvalue weighted by Crippen LogP contribution is -2.15. The van der Waals surface area contributed by atoms with Crippen molar-refractivity contribution in [3.8, 4) is 28.7 Å². The topological polar surface area (TPSA) is 116 Å². The summed E-state index contributed by atoms with van der Waals surface area (Å²) in [4.78, 5) is 12.1. The number of ketones is 1. The largest absolute Gasteiger partial charge is 0.504 e. The number of Topliss-reactive ketones (excluding diaryl/α,β-unsaturated/α-hetero) is 1. The number of phenols is 3. The summed E-state index contributed by atoms with van der Waals surface area (Å²) in [6.45, 7) is 0. The molecule has 2 rings (SSSR count). The number of aliphatic hydroxyl groups excluding tert-OH is 1. The maximum atomic E-state index is 12.1. The first-order valence-corrected chi connectivity index (χ1v) is 8.98. The fourth-order valence-corrected chi connectivity index (χ4v) is 2.91. The quantitative estimate of drug-likeness (QED) is 0.461. The van der Waals surface area contributed by atoms with Crippen LogP contribution in [0.15, 0.2) is 30.3 Å². The van der Waals surface area contributed by atoms with Crippen LogP contribution in [0.5, 0.6) is 28.7 Å². The predicted octanol–water partition coefficient (Wildman–Crippen LogP) is 2.71. The van der Waals surface area contributed by atoms with Gasteiger partial charge in [-0.25, -0.2) is 0 Å². The molecule has 7 heteroatoms. The van der Waals surface area contributed by atoms with Gasteiger partial charge in [-0.1, -0.05) is 6.07 Å². The molecule has 0 unspecified atom stereocenters. The molecular weight excluding hydrogens is 364 g/mol. The SMILES string of the molecule is COc1cc(CCC(=O)C[C@H](O)CCc2cc(O)c(O)c(OC)c2)ccc1O. The van der Waals surface area contributed by atoms with Crippen LogP contribution in [0.4, 0.5) is 0 Å². The van der Waals surface area contributed by atoms with Crippen molar-refractivity contribution < 1.29 is 34.7 Å². The van der Waals surface area contributed by atoms with E-state index in [-0.39, 0.29) is 41.6 Å². The number of methoxy groups -OCH3 is 2. The molecule has 0 bridgehead atoms. The summed E-state index contributed by atoms with van der Waals surface area (Å²) in [5.74, 6) is -0.116. The fraction of sp³-hybridized carbons (Fsp3) is 0.381. The number of phenolic OH excluding ortho intramolecular Hbond substituents is 3. The van der Waals surface area contributed by atoms with Gasteiger partial charge in [0, 0.05) is 12.8 Å². The fourth-order valence-electron chi connectivity index (χ4n) is 2.91. The Morgan fingerprint density at radius 2 is 1.61 bits per heavy atom. The molecule has 0 saturated carbocycles. The zero-order valence-corrected chi connectivity index (χ0v) is 16.0. The van der Waals surface area contributed by atoms with E-state index < -0.39 is 6.10 Å². The minimum absolute atomic E-state index is 0.0381. The van der Waals surface area contributed by atoms with Crippen LogP contribution in [0, 0.1) is 0 Å². The highest BCUT2D eigenvalue weighted by Crippen LogP contribution is 2.36. The molecule has 0 amide bonds. The Balaban J connectivity index is 1.82. The lowest BCUT2D eigenvalue weighted by atomic mass is 9.99. The molecule has 0 spiro atoms. The van der Waals surface area contributed by atoms with Crippen molar-refractivity contribution >= 4 is 5.78 Å². The summed E-state index contributed by atoms with van der Waals surface area (Å²) in [5, 5.41) is 39.0. The second-order valence-corrected chi connectivity index (χ2v) is 6.61. The van der Waals surface area contributed by atoms with Crippen LogP contribution < -0.4 is 9.47 Å². The molecule has 0 aliphatic rings. The third-order valence-electron chi connectivity index (χ3n) is 4.50.